The number of carboxylic acid groups (broad SMARTS) is 1. The highest BCUT2D eigenvalue weighted by atomic mass is 79.9. The summed E-state index contributed by atoms with van der Waals surface area (Å²) in [6, 6.07) is 3.86. The smallest absolute Gasteiger partial charge is 0.407 e. The number of carbonyl (C=O) groups excluding carboxylic acids is 1. The first-order valence-corrected chi connectivity index (χ1v) is 9.67. The van der Waals surface area contributed by atoms with Crippen molar-refractivity contribution in [1.82, 2.24) is 15.2 Å². The molecule has 2 rings (SSSR count). The highest BCUT2D eigenvalue weighted by Gasteiger charge is 2.26. The number of carbonyl (C=O) groups is 2. The van der Waals surface area contributed by atoms with Crippen molar-refractivity contribution in [1.29, 1.82) is 0 Å². The summed E-state index contributed by atoms with van der Waals surface area (Å²) in [6.45, 7) is 5.89. The lowest BCUT2D eigenvalue weighted by molar-refractivity contribution is 0.0889. The van der Waals surface area contributed by atoms with E-state index in [2.05, 4.69) is 26.2 Å². The molecule has 9 heteroatoms. The molecule has 2 amide bonds. The third-order valence-corrected chi connectivity index (χ3v) is 5.87. The molecule has 0 atom stereocenters. The lowest BCUT2D eigenvalue weighted by atomic mass is 10.1. The number of rotatable bonds is 5. The van der Waals surface area contributed by atoms with Gasteiger partial charge < -0.3 is 15.3 Å². The largest absolute Gasteiger partial charge is 0.465 e. The normalized spacial score (nSPS) is 11.3. The molecule has 0 saturated carbocycles. The van der Waals surface area contributed by atoms with Crippen LogP contribution in [0.4, 0.5) is 4.79 Å². The van der Waals surface area contributed by atoms with E-state index < -0.39 is 11.6 Å². The van der Waals surface area contributed by atoms with Gasteiger partial charge in [-0.1, -0.05) is 0 Å². The average Bonchev–Trinajstić information content (AvgIpc) is 3.09. The first-order valence-electron chi connectivity index (χ1n) is 7.18. The van der Waals surface area contributed by atoms with Crippen LogP contribution in [0.25, 0.3) is 9.75 Å². The van der Waals surface area contributed by atoms with E-state index in [0.29, 0.717) is 5.69 Å². The van der Waals surface area contributed by atoms with E-state index >= 15 is 0 Å². The lowest BCUT2D eigenvalue weighted by Crippen LogP contribution is -2.48. The lowest BCUT2D eigenvalue weighted by Gasteiger charge is -2.33. The van der Waals surface area contributed by atoms with Crippen LogP contribution in [-0.4, -0.2) is 45.6 Å². The van der Waals surface area contributed by atoms with Gasteiger partial charge in [-0.3, -0.25) is 4.79 Å². The Balaban J connectivity index is 2.02. The molecule has 2 aromatic rings. The molecule has 0 radical (unpaired) electrons. The molecule has 0 aromatic carbocycles. The predicted octanol–water partition coefficient (Wildman–Crippen LogP) is 4.14. The molecule has 0 aliphatic heterocycles. The van der Waals surface area contributed by atoms with Gasteiger partial charge in [0.1, 0.15) is 5.69 Å². The Morgan fingerprint density at radius 1 is 1.38 bits per heavy atom. The fourth-order valence-corrected chi connectivity index (χ4v) is 4.40. The minimum atomic E-state index is -1.01. The van der Waals surface area contributed by atoms with Crippen LogP contribution in [0.5, 0.6) is 0 Å². The van der Waals surface area contributed by atoms with Gasteiger partial charge >= 0.3 is 6.09 Å². The van der Waals surface area contributed by atoms with Crippen molar-refractivity contribution in [3.63, 3.8) is 0 Å². The molecule has 0 unspecified atom stereocenters. The Labute approximate surface area is 156 Å². The maximum atomic E-state index is 12.4. The molecule has 0 spiro atoms. The number of hydrogen-bond acceptors (Lipinski definition) is 5. The number of nitrogens with zero attached hydrogens (tertiary/aromatic N) is 2. The van der Waals surface area contributed by atoms with Gasteiger partial charge in [0.15, 0.2) is 0 Å². The van der Waals surface area contributed by atoms with Gasteiger partial charge in [0.25, 0.3) is 5.91 Å². The van der Waals surface area contributed by atoms with Crippen LogP contribution < -0.4 is 5.32 Å². The van der Waals surface area contributed by atoms with E-state index in [4.69, 9.17) is 0 Å². The second-order valence-corrected chi connectivity index (χ2v) is 9.31. The third-order valence-electron chi connectivity index (χ3n) is 3.24. The molecule has 130 valence electrons. The zero-order valence-corrected chi connectivity index (χ0v) is 16.7. The second-order valence-electron chi connectivity index (χ2n) is 5.99. The Morgan fingerprint density at radius 2 is 2.08 bits per heavy atom. The van der Waals surface area contributed by atoms with Crippen LogP contribution in [0, 0.1) is 0 Å². The molecular weight excluding hydrogens is 414 g/mol. The summed E-state index contributed by atoms with van der Waals surface area (Å²) in [5.74, 6) is -0.296. The molecule has 2 N–H and O–H groups in total. The molecule has 24 heavy (non-hydrogen) atoms. The van der Waals surface area contributed by atoms with Gasteiger partial charge in [-0.05, 0) is 48.8 Å². The zero-order valence-electron chi connectivity index (χ0n) is 13.5. The molecule has 2 aromatic heterocycles. The molecule has 0 fully saturated rings. The van der Waals surface area contributed by atoms with Crippen molar-refractivity contribution in [2.45, 2.75) is 26.3 Å². The molecule has 0 aliphatic rings. The number of thiazole rings is 1. The van der Waals surface area contributed by atoms with Crippen molar-refractivity contribution >= 4 is 50.6 Å². The average molecular weight is 432 g/mol. The highest BCUT2D eigenvalue weighted by Crippen LogP contribution is 2.35. The van der Waals surface area contributed by atoms with Crippen LogP contribution >= 0.6 is 38.6 Å². The van der Waals surface area contributed by atoms with E-state index in [1.807, 2.05) is 32.9 Å². The summed E-state index contributed by atoms with van der Waals surface area (Å²) >= 11 is 6.35. The summed E-state index contributed by atoms with van der Waals surface area (Å²) in [6.07, 6.45) is -1.01. The van der Waals surface area contributed by atoms with Crippen molar-refractivity contribution in [3.8, 4) is 9.75 Å². The maximum absolute atomic E-state index is 12.4. The molecule has 0 aliphatic carbocycles. The number of amides is 2. The number of hydrogen-bond donors (Lipinski definition) is 2. The summed E-state index contributed by atoms with van der Waals surface area (Å²) in [4.78, 5) is 30.9. The molecule has 6 nitrogen and oxygen atoms in total. The maximum Gasteiger partial charge on any atom is 0.407 e. The minimum Gasteiger partial charge on any atom is -0.465 e. The van der Waals surface area contributed by atoms with Crippen LogP contribution in [-0.2, 0) is 0 Å². The van der Waals surface area contributed by atoms with Crippen molar-refractivity contribution in [2.75, 3.05) is 13.1 Å². The van der Waals surface area contributed by atoms with E-state index in [0.717, 1.165) is 13.5 Å². The standard InChI is InChI=1S/C15H18BrN3O3S2/c1-15(2,3)19(14(21)22)7-6-17-13(20)11-12(23-8-18-11)9-4-5-10(16)24-9/h4-5,8H,6-7H2,1-3H3,(H,17,20)(H,21,22). The topological polar surface area (TPSA) is 82.5 Å². The van der Waals surface area contributed by atoms with Gasteiger partial charge in [-0.15, -0.1) is 22.7 Å². The van der Waals surface area contributed by atoms with Crippen molar-refractivity contribution < 1.29 is 14.7 Å². The first kappa shape index (κ1) is 18.9. The SMILES string of the molecule is CC(C)(C)N(CCNC(=O)c1ncsc1-c1ccc(Br)s1)C(=O)O. The number of thiophene rings is 1. The molecule has 0 bridgehead atoms. The van der Waals surface area contributed by atoms with Crippen LogP contribution in [0.15, 0.2) is 21.4 Å². The quantitative estimate of drug-likeness (QED) is 0.744. The van der Waals surface area contributed by atoms with Crippen LogP contribution in [0.1, 0.15) is 31.3 Å². The first-order chi connectivity index (χ1) is 11.2. The van der Waals surface area contributed by atoms with E-state index in [1.54, 1.807) is 5.51 Å². The Morgan fingerprint density at radius 3 is 2.62 bits per heavy atom. The van der Waals surface area contributed by atoms with Gasteiger partial charge in [-0.25, -0.2) is 9.78 Å². The van der Waals surface area contributed by atoms with E-state index in [-0.39, 0.29) is 19.0 Å². The van der Waals surface area contributed by atoms with Crippen molar-refractivity contribution in [3.05, 3.63) is 27.1 Å². The molecule has 2 heterocycles. The summed E-state index contributed by atoms with van der Waals surface area (Å²) in [7, 11) is 0. The zero-order chi connectivity index (χ0) is 17.9. The summed E-state index contributed by atoms with van der Waals surface area (Å²) in [5, 5.41) is 12.0. The molecule has 0 saturated heterocycles. The van der Waals surface area contributed by atoms with Gasteiger partial charge in [0.2, 0.25) is 0 Å². The van der Waals surface area contributed by atoms with Crippen LogP contribution in [0.2, 0.25) is 0 Å². The van der Waals surface area contributed by atoms with E-state index in [1.165, 1.54) is 27.6 Å². The van der Waals surface area contributed by atoms with Gasteiger partial charge in [0, 0.05) is 23.5 Å². The monoisotopic (exact) mass is 431 g/mol. The van der Waals surface area contributed by atoms with E-state index in [9.17, 15) is 14.7 Å². The second kappa shape index (κ2) is 7.62. The summed E-state index contributed by atoms with van der Waals surface area (Å²) < 4.78 is 0.986. The predicted molar refractivity (Wildman–Crippen MR) is 99.9 cm³/mol. The Hall–Kier alpha value is -1.45. The van der Waals surface area contributed by atoms with Crippen LogP contribution in [0.3, 0.4) is 0 Å². The summed E-state index contributed by atoms with van der Waals surface area (Å²) in [5.41, 5.74) is 1.48. The fourth-order valence-electron chi connectivity index (χ4n) is 2.10. The molecular formula is C15H18BrN3O3S2. The number of halogens is 1. The van der Waals surface area contributed by atoms with Gasteiger partial charge in [-0.2, -0.15) is 0 Å². The minimum absolute atomic E-state index is 0.217. The Bertz CT molecular complexity index is 736. The van der Waals surface area contributed by atoms with Gasteiger partial charge in [0.05, 0.1) is 14.2 Å². The number of aromatic nitrogens is 1. The fraction of sp³-hybridized carbons (Fsp3) is 0.400. The number of nitrogens with one attached hydrogen (secondary N) is 1. The third kappa shape index (κ3) is 4.55. The Kier molecular flexibility index (Phi) is 6.00. The van der Waals surface area contributed by atoms with Crippen molar-refractivity contribution in [2.24, 2.45) is 0 Å². The highest BCUT2D eigenvalue weighted by molar-refractivity contribution is 9.11.